The second kappa shape index (κ2) is 11.4. The molecule has 7 heteroatoms. The van der Waals surface area contributed by atoms with Crippen LogP contribution < -0.4 is 5.32 Å². The standard InChI is InChI=1S/C27H32Cl2N4O/c1-19(2)14-24-16-22(31-33(24)23-6-4-3-5-7-23)17-30-27(34)18-32-12-10-20(11-13-32)21-8-9-25(28)26(29)15-21/h3-9,15-16,19-20H,10-14,17-18H2,1-2H3,(H,30,34). The highest BCUT2D eigenvalue weighted by molar-refractivity contribution is 6.42. The Morgan fingerprint density at radius 1 is 1.06 bits per heavy atom. The molecule has 5 nitrogen and oxygen atoms in total. The number of nitrogens with one attached hydrogen (secondary N) is 1. The van der Waals surface area contributed by atoms with E-state index in [2.05, 4.69) is 48.3 Å². The number of rotatable bonds is 8. The van der Waals surface area contributed by atoms with Gasteiger partial charge in [0.05, 0.1) is 34.5 Å². The van der Waals surface area contributed by atoms with Crippen LogP contribution in [0.3, 0.4) is 0 Å². The average molecular weight is 499 g/mol. The van der Waals surface area contributed by atoms with Crippen LogP contribution in [0.5, 0.6) is 0 Å². The summed E-state index contributed by atoms with van der Waals surface area (Å²) in [6.07, 6.45) is 2.94. The first kappa shape index (κ1) is 24.8. The number of piperidine rings is 1. The number of benzene rings is 2. The fourth-order valence-electron chi connectivity index (χ4n) is 4.56. The molecule has 0 unspecified atom stereocenters. The van der Waals surface area contributed by atoms with Crippen molar-refractivity contribution in [2.75, 3.05) is 19.6 Å². The summed E-state index contributed by atoms with van der Waals surface area (Å²) in [5, 5.41) is 9.03. The Bertz CT molecular complexity index is 1110. The third-order valence-electron chi connectivity index (χ3n) is 6.29. The molecule has 1 aromatic heterocycles. The second-order valence-corrected chi connectivity index (χ2v) is 10.3. The van der Waals surface area contributed by atoms with Gasteiger partial charge in [0.2, 0.25) is 5.91 Å². The molecule has 0 saturated carbocycles. The summed E-state index contributed by atoms with van der Waals surface area (Å²) < 4.78 is 2.00. The van der Waals surface area contributed by atoms with E-state index >= 15 is 0 Å². The van der Waals surface area contributed by atoms with Crippen molar-refractivity contribution in [1.82, 2.24) is 20.0 Å². The quantitative estimate of drug-likeness (QED) is 0.422. The van der Waals surface area contributed by atoms with Crippen LogP contribution >= 0.6 is 23.2 Å². The zero-order valence-electron chi connectivity index (χ0n) is 19.8. The lowest BCUT2D eigenvalue weighted by atomic mass is 9.89. The SMILES string of the molecule is CC(C)Cc1cc(CNC(=O)CN2CCC(c3ccc(Cl)c(Cl)c3)CC2)nn1-c1ccccc1. The van der Waals surface area contributed by atoms with Gasteiger partial charge in [-0.15, -0.1) is 0 Å². The van der Waals surface area contributed by atoms with Crippen molar-refractivity contribution in [3.63, 3.8) is 0 Å². The molecule has 0 bridgehead atoms. The Hall–Kier alpha value is -2.34. The van der Waals surface area contributed by atoms with Gasteiger partial charge in [-0.3, -0.25) is 9.69 Å². The number of nitrogens with zero attached hydrogens (tertiary/aromatic N) is 3. The molecule has 0 atom stereocenters. The molecule has 0 radical (unpaired) electrons. The first-order chi connectivity index (χ1) is 16.4. The van der Waals surface area contributed by atoms with E-state index in [-0.39, 0.29) is 5.91 Å². The molecule has 1 saturated heterocycles. The monoisotopic (exact) mass is 498 g/mol. The molecule has 1 N–H and O–H groups in total. The van der Waals surface area contributed by atoms with Gasteiger partial charge in [-0.05, 0) is 80.1 Å². The minimum Gasteiger partial charge on any atom is -0.349 e. The van der Waals surface area contributed by atoms with Crippen LogP contribution in [0, 0.1) is 5.92 Å². The summed E-state index contributed by atoms with van der Waals surface area (Å²) >= 11 is 12.2. The van der Waals surface area contributed by atoms with Crippen molar-refractivity contribution < 1.29 is 4.79 Å². The number of carbonyl (C=O) groups excluding carboxylic acids is 1. The molecule has 1 aliphatic rings. The second-order valence-electron chi connectivity index (χ2n) is 9.47. The number of hydrogen-bond donors (Lipinski definition) is 1. The largest absolute Gasteiger partial charge is 0.349 e. The average Bonchev–Trinajstić information content (AvgIpc) is 3.22. The summed E-state index contributed by atoms with van der Waals surface area (Å²) in [5.41, 5.74) is 4.31. The first-order valence-electron chi connectivity index (χ1n) is 12.0. The zero-order chi connectivity index (χ0) is 24.1. The maximum Gasteiger partial charge on any atom is 0.234 e. The number of likely N-dealkylation sites (tertiary alicyclic amines) is 1. The molecule has 1 fully saturated rings. The fraction of sp³-hybridized carbons (Fsp3) is 0.407. The summed E-state index contributed by atoms with van der Waals surface area (Å²) in [6, 6.07) is 18.2. The van der Waals surface area contributed by atoms with Gasteiger partial charge in [0.25, 0.3) is 0 Å². The van der Waals surface area contributed by atoms with Crippen LogP contribution in [-0.2, 0) is 17.8 Å². The van der Waals surface area contributed by atoms with E-state index in [4.69, 9.17) is 28.3 Å². The van der Waals surface area contributed by atoms with Gasteiger partial charge < -0.3 is 5.32 Å². The molecule has 180 valence electrons. The van der Waals surface area contributed by atoms with E-state index in [0.29, 0.717) is 35.0 Å². The van der Waals surface area contributed by atoms with Crippen molar-refractivity contribution in [2.45, 2.75) is 45.6 Å². The van der Waals surface area contributed by atoms with Crippen LogP contribution in [-0.4, -0.2) is 40.2 Å². The minimum absolute atomic E-state index is 0.0349. The van der Waals surface area contributed by atoms with Crippen LogP contribution in [0.2, 0.25) is 10.0 Å². The van der Waals surface area contributed by atoms with Crippen molar-refractivity contribution in [2.24, 2.45) is 5.92 Å². The smallest absolute Gasteiger partial charge is 0.234 e. The van der Waals surface area contributed by atoms with Crippen LogP contribution in [0.25, 0.3) is 5.69 Å². The lowest BCUT2D eigenvalue weighted by molar-refractivity contribution is -0.122. The summed E-state index contributed by atoms with van der Waals surface area (Å²) in [4.78, 5) is 14.9. The number of aromatic nitrogens is 2. The highest BCUT2D eigenvalue weighted by Crippen LogP contribution is 2.32. The van der Waals surface area contributed by atoms with Crippen molar-refractivity contribution in [3.05, 3.63) is 81.6 Å². The molecule has 0 spiro atoms. The number of para-hydroxylation sites is 1. The van der Waals surface area contributed by atoms with Crippen molar-refractivity contribution >= 4 is 29.1 Å². The number of hydrogen-bond acceptors (Lipinski definition) is 3. The molecular formula is C27H32Cl2N4O. The van der Waals surface area contributed by atoms with Crippen molar-refractivity contribution in [1.29, 1.82) is 0 Å². The number of carbonyl (C=O) groups is 1. The third-order valence-corrected chi connectivity index (χ3v) is 7.03. The summed E-state index contributed by atoms with van der Waals surface area (Å²) in [6.45, 7) is 7.03. The molecule has 34 heavy (non-hydrogen) atoms. The topological polar surface area (TPSA) is 50.2 Å². The van der Waals surface area contributed by atoms with Gasteiger partial charge in [-0.25, -0.2) is 4.68 Å². The molecule has 4 rings (SSSR count). The highest BCUT2D eigenvalue weighted by atomic mass is 35.5. The van der Waals surface area contributed by atoms with E-state index < -0.39 is 0 Å². The van der Waals surface area contributed by atoms with E-state index in [1.165, 1.54) is 5.56 Å². The third kappa shape index (κ3) is 6.41. The Labute approximate surface area is 212 Å². The Morgan fingerprint density at radius 3 is 2.47 bits per heavy atom. The van der Waals surface area contributed by atoms with Gasteiger partial charge in [0.1, 0.15) is 0 Å². The maximum absolute atomic E-state index is 12.6. The van der Waals surface area contributed by atoms with Gasteiger partial charge in [0, 0.05) is 5.69 Å². The number of halogens is 2. The highest BCUT2D eigenvalue weighted by Gasteiger charge is 2.22. The van der Waals surface area contributed by atoms with Gasteiger partial charge in [-0.2, -0.15) is 5.10 Å². The van der Waals surface area contributed by atoms with E-state index in [1.807, 2.05) is 35.0 Å². The first-order valence-corrected chi connectivity index (χ1v) is 12.7. The maximum atomic E-state index is 12.6. The normalized spacial score (nSPS) is 15.1. The molecular weight excluding hydrogens is 467 g/mol. The van der Waals surface area contributed by atoms with Crippen LogP contribution in [0.1, 0.15) is 49.6 Å². The van der Waals surface area contributed by atoms with Crippen LogP contribution in [0.4, 0.5) is 0 Å². The van der Waals surface area contributed by atoms with Crippen molar-refractivity contribution in [3.8, 4) is 5.69 Å². The van der Waals surface area contributed by atoms with Gasteiger partial charge >= 0.3 is 0 Å². The van der Waals surface area contributed by atoms with E-state index in [1.54, 1.807) is 0 Å². The molecule has 1 aliphatic heterocycles. The minimum atomic E-state index is 0.0349. The Balaban J connectivity index is 1.29. The van der Waals surface area contributed by atoms with Crippen LogP contribution in [0.15, 0.2) is 54.6 Å². The molecule has 2 aromatic carbocycles. The molecule has 0 aliphatic carbocycles. The molecule has 1 amide bonds. The lowest BCUT2D eigenvalue weighted by Crippen LogP contribution is -2.41. The van der Waals surface area contributed by atoms with Gasteiger partial charge in [0.15, 0.2) is 0 Å². The fourth-order valence-corrected chi connectivity index (χ4v) is 4.86. The lowest BCUT2D eigenvalue weighted by Gasteiger charge is -2.31. The van der Waals surface area contributed by atoms with E-state index in [0.717, 1.165) is 49.4 Å². The molecule has 2 heterocycles. The predicted octanol–water partition coefficient (Wildman–Crippen LogP) is 5.87. The van der Waals surface area contributed by atoms with Gasteiger partial charge in [-0.1, -0.05) is 61.3 Å². The zero-order valence-corrected chi connectivity index (χ0v) is 21.3. The summed E-state index contributed by atoms with van der Waals surface area (Å²) in [5.74, 6) is 1.01. The predicted molar refractivity (Wildman–Crippen MR) is 139 cm³/mol. The Kier molecular flexibility index (Phi) is 8.30. The van der Waals surface area contributed by atoms with E-state index in [9.17, 15) is 4.79 Å². The molecule has 3 aromatic rings. The Morgan fingerprint density at radius 2 is 1.79 bits per heavy atom. The summed E-state index contributed by atoms with van der Waals surface area (Å²) in [7, 11) is 0. The number of amides is 1.